The van der Waals surface area contributed by atoms with Gasteiger partial charge in [0.25, 0.3) is 5.91 Å². The summed E-state index contributed by atoms with van der Waals surface area (Å²) in [6.45, 7) is 2.39. The fourth-order valence-corrected chi connectivity index (χ4v) is 4.28. The number of rotatable bonds is 3. The van der Waals surface area contributed by atoms with Crippen molar-refractivity contribution in [2.45, 2.75) is 25.4 Å². The van der Waals surface area contributed by atoms with E-state index in [0.29, 0.717) is 36.5 Å². The molecule has 1 aliphatic heterocycles. The molecule has 1 unspecified atom stereocenters. The number of likely N-dealkylation sites (tertiary alicyclic amines) is 1. The first kappa shape index (κ1) is 20.3. The van der Waals surface area contributed by atoms with Crippen LogP contribution >= 0.6 is 0 Å². The van der Waals surface area contributed by atoms with Gasteiger partial charge in [-0.05, 0) is 37.6 Å². The first-order valence-electron chi connectivity index (χ1n) is 10.1. The molecule has 5 rings (SSSR count). The summed E-state index contributed by atoms with van der Waals surface area (Å²) in [6.07, 6.45) is -2.25. The van der Waals surface area contributed by atoms with Crippen LogP contribution in [0.4, 0.5) is 13.2 Å². The summed E-state index contributed by atoms with van der Waals surface area (Å²) in [4.78, 5) is 22.2. The Bertz CT molecular complexity index is 1340. The number of aromatic nitrogens is 4. The van der Waals surface area contributed by atoms with Gasteiger partial charge in [-0.15, -0.1) is 0 Å². The third kappa shape index (κ3) is 3.35. The summed E-state index contributed by atoms with van der Waals surface area (Å²) in [7, 11) is 1.57. The van der Waals surface area contributed by atoms with Crippen LogP contribution in [0.15, 0.2) is 36.5 Å². The van der Waals surface area contributed by atoms with E-state index in [4.69, 9.17) is 4.74 Å². The lowest BCUT2D eigenvalue weighted by Gasteiger charge is -2.15. The van der Waals surface area contributed by atoms with E-state index < -0.39 is 11.9 Å². The molecule has 4 aromatic rings. The molecule has 0 aliphatic carbocycles. The van der Waals surface area contributed by atoms with E-state index in [0.717, 1.165) is 21.5 Å². The highest BCUT2D eigenvalue weighted by Crippen LogP contribution is 2.33. The van der Waals surface area contributed by atoms with E-state index in [1.54, 1.807) is 30.3 Å². The van der Waals surface area contributed by atoms with E-state index in [2.05, 4.69) is 15.1 Å². The minimum absolute atomic E-state index is 0.138. The van der Waals surface area contributed by atoms with Crippen LogP contribution in [0.3, 0.4) is 0 Å². The Labute approximate surface area is 180 Å². The molecule has 0 saturated carbocycles. The summed E-state index contributed by atoms with van der Waals surface area (Å²) < 4.78 is 46.4. The van der Waals surface area contributed by atoms with Gasteiger partial charge in [0.15, 0.2) is 5.65 Å². The number of nitrogens with zero attached hydrogens (tertiary/aromatic N) is 4. The topological polar surface area (TPSA) is 75.5 Å². The lowest BCUT2D eigenvalue weighted by atomic mass is 10.1. The predicted molar refractivity (Wildman–Crippen MR) is 111 cm³/mol. The number of H-pyrrole nitrogens is 1. The molecule has 1 fully saturated rings. The summed E-state index contributed by atoms with van der Waals surface area (Å²) in [6, 6.07) is 8.04. The maximum Gasteiger partial charge on any atom is 0.433 e. The molecule has 0 spiro atoms. The van der Waals surface area contributed by atoms with Crippen molar-refractivity contribution >= 4 is 22.5 Å². The third-order valence-electron chi connectivity index (χ3n) is 5.88. The van der Waals surface area contributed by atoms with E-state index in [-0.39, 0.29) is 23.2 Å². The van der Waals surface area contributed by atoms with Gasteiger partial charge in [-0.2, -0.15) is 18.3 Å². The summed E-state index contributed by atoms with van der Waals surface area (Å²) in [5.74, 6) is 0.348. The Hall–Kier alpha value is -3.56. The van der Waals surface area contributed by atoms with Gasteiger partial charge in [-0.1, -0.05) is 0 Å². The molecule has 10 heteroatoms. The number of alkyl halides is 3. The zero-order chi connectivity index (χ0) is 22.6. The van der Waals surface area contributed by atoms with Crippen LogP contribution in [0, 0.1) is 6.92 Å². The number of amides is 1. The number of carbonyl (C=O) groups is 1. The first-order chi connectivity index (χ1) is 15.2. The molecule has 1 N–H and O–H groups in total. The lowest BCUT2D eigenvalue weighted by molar-refractivity contribution is -0.142. The van der Waals surface area contributed by atoms with Crippen molar-refractivity contribution in [2.75, 3.05) is 20.2 Å². The van der Waals surface area contributed by atoms with E-state index in [1.807, 2.05) is 12.1 Å². The van der Waals surface area contributed by atoms with Gasteiger partial charge in [0.2, 0.25) is 0 Å². The third-order valence-corrected chi connectivity index (χ3v) is 5.88. The second kappa shape index (κ2) is 7.25. The molecule has 1 aromatic carbocycles. The van der Waals surface area contributed by atoms with Crippen LogP contribution in [0.2, 0.25) is 0 Å². The highest BCUT2D eigenvalue weighted by atomic mass is 19.4. The van der Waals surface area contributed by atoms with Crippen molar-refractivity contribution in [3.05, 3.63) is 59.2 Å². The monoisotopic (exact) mass is 443 g/mol. The van der Waals surface area contributed by atoms with Crippen LogP contribution in [0.1, 0.15) is 39.8 Å². The minimum Gasteiger partial charge on any atom is -0.497 e. The van der Waals surface area contributed by atoms with Gasteiger partial charge in [0.05, 0.1) is 18.4 Å². The summed E-state index contributed by atoms with van der Waals surface area (Å²) >= 11 is 0. The average Bonchev–Trinajstić information content (AvgIpc) is 3.48. The van der Waals surface area contributed by atoms with Crippen molar-refractivity contribution in [3.63, 3.8) is 0 Å². The minimum atomic E-state index is -4.54. The van der Waals surface area contributed by atoms with E-state index in [1.165, 1.54) is 6.92 Å². The lowest BCUT2D eigenvalue weighted by Crippen LogP contribution is -2.28. The predicted octanol–water partition coefficient (Wildman–Crippen LogP) is 4.18. The number of hydrogen-bond donors (Lipinski definition) is 1. The Morgan fingerprint density at radius 1 is 1.25 bits per heavy atom. The molecule has 7 nitrogen and oxygen atoms in total. The number of ether oxygens (including phenoxy) is 1. The number of fused-ring (bicyclic) bond motifs is 2. The fourth-order valence-electron chi connectivity index (χ4n) is 4.28. The van der Waals surface area contributed by atoms with Crippen LogP contribution < -0.4 is 4.74 Å². The Kier molecular flexibility index (Phi) is 4.61. The molecule has 1 aliphatic rings. The zero-order valence-corrected chi connectivity index (χ0v) is 17.4. The molecule has 0 radical (unpaired) electrons. The van der Waals surface area contributed by atoms with Gasteiger partial charge in [0.1, 0.15) is 11.4 Å². The fraction of sp³-hybridized carbons (Fsp3) is 0.318. The SMILES string of the molecule is COc1ccc2[nH]cc(C(=O)N3CCC(c4cc5nc(C)cc(C(F)(F)F)n5n4)C3)c2c1. The van der Waals surface area contributed by atoms with Crippen molar-refractivity contribution in [3.8, 4) is 5.75 Å². The maximum atomic E-state index is 13.4. The number of halogens is 3. The van der Waals surface area contributed by atoms with Gasteiger partial charge in [-0.25, -0.2) is 9.50 Å². The second-order valence-electron chi connectivity index (χ2n) is 7.97. The average molecular weight is 443 g/mol. The van der Waals surface area contributed by atoms with Gasteiger partial charge in [0, 0.05) is 47.9 Å². The molecule has 32 heavy (non-hydrogen) atoms. The number of methoxy groups -OCH3 is 1. The largest absolute Gasteiger partial charge is 0.497 e. The number of aromatic amines is 1. The standard InChI is InChI=1S/C22H20F3N5O2/c1-12-7-19(22(23,24)25)30-20(27-12)9-18(28-30)13-5-6-29(11-13)21(31)16-10-26-17-4-3-14(32-2)8-15(16)17/h3-4,7-10,13,26H,5-6,11H2,1-2H3. The van der Waals surface area contributed by atoms with E-state index in [9.17, 15) is 18.0 Å². The number of aryl methyl sites for hydroxylation is 1. The van der Waals surface area contributed by atoms with E-state index >= 15 is 0 Å². The highest BCUT2D eigenvalue weighted by Gasteiger charge is 2.36. The molecule has 0 bridgehead atoms. The first-order valence-corrected chi connectivity index (χ1v) is 10.1. The van der Waals surface area contributed by atoms with Crippen LogP contribution in [0.5, 0.6) is 5.75 Å². The molecule has 4 heterocycles. The molecule has 3 aromatic heterocycles. The molecular formula is C22H20F3N5O2. The Morgan fingerprint density at radius 2 is 2.06 bits per heavy atom. The van der Waals surface area contributed by atoms with Gasteiger partial charge >= 0.3 is 6.18 Å². The van der Waals surface area contributed by atoms with Crippen molar-refractivity contribution in [2.24, 2.45) is 0 Å². The van der Waals surface area contributed by atoms with Crippen molar-refractivity contribution < 1.29 is 22.7 Å². The number of nitrogens with one attached hydrogen (secondary N) is 1. The van der Waals surface area contributed by atoms with Gasteiger partial charge in [-0.3, -0.25) is 4.79 Å². The van der Waals surface area contributed by atoms with Crippen LogP contribution in [0.25, 0.3) is 16.6 Å². The molecular weight excluding hydrogens is 423 g/mol. The Morgan fingerprint density at radius 3 is 2.81 bits per heavy atom. The zero-order valence-electron chi connectivity index (χ0n) is 17.4. The normalized spacial score (nSPS) is 16.9. The molecule has 1 saturated heterocycles. The Balaban J connectivity index is 1.42. The summed E-state index contributed by atoms with van der Waals surface area (Å²) in [5.41, 5.74) is 1.43. The second-order valence-corrected chi connectivity index (χ2v) is 7.97. The smallest absolute Gasteiger partial charge is 0.433 e. The quantitative estimate of drug-likeness (QED) is 0.516. The number of benzene rings is 1. The molecule has 1 amide bonds. The van der Waals surface area contributed by atoms with Crippen molar-refractivity contribution in [1.29, 1.82) is 0 Å². The van der Waals surface area contributed by atoms with Crippen LogP contribution in [-0.2, 0) is 6.18 Å². The summed E-state index contributed by atoms with van der Waals surface area (Å²) in [5, 5.41) is 4.97. The van der Waals surface area contributed by atoms with Crippen molar-refractivity contribution in [1.82, 2.24) is 24.5 Å². The van der Waals surface area contributed by atoms with Gasteiger partial charge < -0.3 is 14.6 Å². The maximum absolute atomic E-state index is 13.4. The molecule has 1 atom stereocenters. The van der Waals surface area contributed by atoms with Crippen LogP contribution in [-0.4, -0.2) is 50.6 Å². The number of hydrogen-bond acceptors (Lipinski definition) is 4. The highest BCUT2D eigenvalue weighted by molar-refractivity contribution is 6.07. The molecule has 166 valence electrons. The number of carbonyl (C=O) groups excluding carboxylic acids is 1.